The minimum atomic E-state index is -0.0237. The highest BCUT2D eigenvalue weighted by Crippen LogP contribution is 2.20. The van der Waals surface area contributed by atoms with E-state index in [1.165, 1.54) is 38.5 Å². The standard InChI is InChI=1S/C13H22O2/c1-2-3-4-5-6-7-8-9-10-12-11-13(14)15-12/h2,12H,1,3-11H2/t12-/m0/s1. The van der Waals surface area contributed by atoms with Gasteiger partial charge in [0.1, 0.15) is 6.10 Å². The Bertz CT molecular complexity index is 191. The van der Waals surface area contributed by atoms with E-state index in [0.717, 1.165) is 12.8 Å². The number of unbranched alkanes of at least 4 members (excludes halogenated alkanes) is 6. The Kier molecular flexibility index (Phi) is 6.14. The van der Waals surface area contributed by atoms with E-state index in [1.54, 1.807) is 0 Å². The fourth-order valence-electron chi connectivity index (χ4n) is 1.89. The molecule has 1 saturated heterocycles. The molecule has 0 radical (unpaired) electrons. The number of hydrogen-bond acceptors (Lipinski definition) is 2. The molecule has 1 heterocycles. The van der Waals surface area contributed by atoms with Gasteiger partial charge < -0.3 is 4.74 Å². The Balaban J connectivity index is 1.73. The van der Waals surface area contributed by atoms with Crippen molar-refractivity contribution in [1.29, 1.82) is 0 Å². The van der Waals surface area contributed by atoms with Crippen LogP contribution in [-0.4, -0.2) is 12.1 Å². The van der Waals surface area contributed by atoms with Crippen LogP contribution in [0.2, 0.25) is 0 Å². The molecule has 1 aliphatic heterocycles. The van der Waals surface area contributed by atoms with Crippen LogP contribution in [0.15, 0.2) is 12.7 Å². The Morgan fingerprint density at radius 2 is 1.80 bits per heavy atom. The van der Waals surface area contributed by atoms with Crippen molar-refractivity contribution < 1.29 is 9.53 Å². The number of cyclic esters (lactones) is 1. The molecule has 1 aliphatic rings. The fraction of sp³-hybridized carbons (Fsp3) is 0.769. The molecule has 0 aromatic carbocycles. The van der Waals surface area contributed by atoms with Crippen LogP contribution in [0.25, 0.3) is 0 Å². The van der Waals surface area contributed by atoms with Crippen LogP contribution in [-0.2, 0) is 9.53 Å². The zero-order chi connectivity index (χ0) is 10.9. The Morgan fingerprint density at radius 3 is 2.40 bits per heavy atom. The van der Waals surface area contributed by atoms with E-state index >= 15 is 0 Å². The van der Waals surface area contributed by atoms with E-state index in [-0.39, 0.29) is 12.1 Å². The highest BCUT2D eigenvalue weighted by molar-refractivity contribution is 5.75. The molecule has 2 heteroatoms. The van der Waals surface area contributed by atoms with Gasteiger partial charge in [-0.05, 0) is 25.7 Å². The Hall–Kier alpha value is -0.790. The van der Waals surface area contributed by atoms with Gasteiger partial charge in [0.05, 0.1) is 6.42 Å². The summed E-state index contributed by atoms with van der Waals surface area (Å²) in [6.07, 6.45) is 12.9. The summed E-state index contributed by atoms with van der Waals surface area (Å²) in [4.78, 5) is 10.5. The van der Waals surface area contributed by atoms with Crippen LogP contribution in [0.3, 0.4) is 0 Å². The summed E-state index contributed by atoms with van der Waals surface area (Å²) in [6, 6.07) is 0. The first-order valence-electron chi connectivity index (χ1n) is 6.13. The van der Waals surface area contributed by atoms with E-state index < -0.39 is 0 Å². The molecule has 0 aromatic rings. The first-order valence-corrected chi connectivity index (χ1v) is 6.13. The average Bonchev–Trinajstić information content (AvgIpc) is 2.19. The van der Waals surface area contributed by atoms with Crippen molar-refractivity contribution in [2.45, 2.75) is 63.9 Å². The molecule has 0 amide bonds. The molecule has 0 unspecified atom stereocenters. The van der Waals surface area contributed by atoms with Crippen LogP contribution in [0.4, 0.5) is 0 Å². The summed E-state index contributed by atoms with van der Waals surface area (Å²) >= 11 is 0. The predicted octanol–water partition coefficient (Wildman–Crippen LogP) is 3.61. The molecular formula is C13H22O2. The smallest absolute Gasteiger partial charge is 0.309 e. The third kappa shape index (κ3) is 5.60. The normalized spacial score (nSPS) is 19.5. The largest absolute Gasteiger partial charge is 0.462 e. The van der Waals surface area contributed by atoms with Crippen LogP contribution in [0, 0.1) is 0 Å². The van der Waals surface area contributed by atoms with Crippen LogP contribution >= 0.6 is 0 Å². The van der Waals surface area contributed by atoms with Crippen molar-refractivity contribution in [2.24, 2.45) is 0 Å². The Morgan fingerprint density at radius 1 is 1.20 bits per heavy atom. The lowest BCUT2D eigenvalue weighted by atomic mass is 10.0. The molecule has 1 fully saturated rings. The van der Waals surface area contributed by atoms with Crippen molar-refractivity contribution in [3.8, 4) is 0 Å². The zero-order valence-electron chi connectivity index (χ0n) is 9.54. The van der Waals surface area contributed by atoms with E-state index in [2.05, 4.69) is 6.58 Å². The highest BCUT2D eigenvalue weighted by Gasteiger charge is 2.27. The second kappa shape index (κ2) is 7.49. The lowest BCUT2D eigenvalue weighted by molar-refractivity contribution is -0.169. The van der Waals surface area contributed by atoms with Crippen LogP contribution in [0.5, 0.6) is 0 Å². The molecule has 15 heavy (non-hydrogen) atoms. The molecule has 0 N–H and O–H groups in total. The minimum Gasteiger partial charge on any atom is -0.462 e. The second-order valence-corrected chi connectivity index (χ2v) is 4.30. The van der Waals surface area contributed by atoms with E-state index in [4.69, 9.17) is 4.74 Å². The zero-order valence-corrected chi connectivity index (χ0v) is 9.54. The van der Waals surface area contributed by atoms with Gasteiger partial charge in [0.25, 0.3) is 0 Å². The Labute approximate surface area is 92.7 Å². The number of allylic oxidation sites excluding steroid dienone is 1. The summed E-state index contributed by atoms with van der Waals surface area (Å²) in [5, 5.41) is 0. The number of esters is 1. The number of carbonyl (C=O) groups is 1. The maximum atomic E-state index is 10.5. The summed E-state index contributed by atoms with van der Waals surface area (Å²) in [5.74, 6) is -0.0237. The maximum Gasteiger partial charge on any atom is 0.309 e. The van der Waals surface area contributed by atoms with Gasteiger partial charge in [-0.1, -0.05) is 31.8 Å². The average molecular weight is 210 g/mol. The molecule has 1 atom stereocenters. The summed E-state index contributed by atoms with van der Waals surface area (Å²) < 4.78 is 4.95. The first kappa shape index (κ1) is 12.3. The van der Waals surface area contributed by atoms with Gasteiger partial charge >= 0.3 is 5.97 Å². The van der Waals surface area contributed by atoms with Gasteiger partial charge in [-0.25, -0.2) is 0 Å². The molecule has 0 spiro atoms. The fourth-order valence-corrected chi connectivity index (χ4v) is 1.89. The molecule has 1 rings (SSSR count). The molecule has 0 bridgehead atoms. The number of carbonyl (C=O) groups excluding carboxylic acids is 1. The van der Waals surface area contributed by atoms with E-state index in [9.17, 15) is 4.79 Å². The molecule has 0 aromatic heterocycles. The van der Waals surface area contributed by atoms with Crippen LogP contribution < -0.4 is 0 Å². The minimum absolute atomic E-state index is 0.0237. The van der Waals surface area contributed by atoms with Gasteiger partial charge in [0, 0.05) is 0 Å². The summed E-state index contributed by atoms with van der Waals surface area (Å²) in [7, 11) is 0. The molecule has 2 nitrogen and oxygen atoms in total. The quantitative estimate of drug-likeness (QED) is 0.330. The van der Waals surface area contributed by atoms with E-state index in [0.29, 0.717) is 6.42 Å². The number of ether oxygens (including phenoxy) is 1. The van der Waals surface area contributed by atoms with E-state index in [1.807, 2.05) is 6.08 Å². The molecule has 0 saturated carbocycles. The summed E-state index contributed by atoms with van der Waals surface area (Å²) in [5.41, 5.74) is 0. The maximum absolute atomic E-state index is 10.5. The van der Waals surface area contributed by atoms with Gasteiger partial charge in [-0.3, -0.25) is 4.79 Å². The molecule has 0 aliphatic carbocycles. The third-order valence-electron chi connectivity index (χ3n) is 2.88. The highest BCUT2D eigenvalue weighted by atomic mass is 16.6. The van der Waals surface area contributed by atoms with Crippen molar-refractivity contribution in [3.05, 3.63) is 12.7 Å². The lowest BCUT2D eigenvalue weighted by Crippen LogP contribution is -2.32. The monoisotopic (exact) mass is 210 g/mol. The SMILES string of the molecule is C=CCCCCCCCC[C@H]1CC(=O)O1. The molecular weight excluding hydrogens is 188 g/mol. The first-order chi connectivity index (χ1) is 7.33. The van der Waals surface area contributed by atoms with Crippen molar-refractivity contribution >= 4 is 5.97 Å². The summed E-state index contributed by atoms with van der Waals surface area (Å²) in [6.45, 7) is 3.71. The third-order valence-corrected chi connectivity index (χ3v) is 2.88. The van der Waals surface area contributed by atoms with Gasteiger partial charge in [0.15, 0.2) is 0 Å². The second-order valence-electron chi connectivity index (χ2n) is 4.30. The number of rotatable bonds is 9. The van der Waals surface area contributed by atoms with Crippen LogP contribution in [0.1, 0.15) is 57.8 Å². The molecule has 86 valence electrons. The lowest BCUT2D eigenvalue weighted by Gasteiger charge is -2.25. The van der Waals surface area contributed by atoms with Gasteiger partial charge in [-0.15, -0.1) is 6.58 Å². The number of hydrogen-bond donors (Lipinski definition) is 0. The van der Waals surface area contributed by atoms with Crippen molar-refractivity contribution in [3.63, 3.8) is 0 Å². The topological polar surface area (TPSA) is 26.3 Å². The van der Waals surface area contributed by atoms with Gasteiger partial charge in [0.2, 0.25) is 0 Å². The van der Waals surface area contributed by atoms with Crippen molar-refractivity contribution in [1.82, 2.24) is 0 Å². The van der Waals surface area contributed by atoms with Gasteiger partial charge in [-0.2, -0.15) is 0 Å². The van der Waals surface area contributed by atoms with Crippen molar-refractivity contribution in [2.75, 3.05) is 0 Å². The predicted molar refractivity (Wildman–Crippen MR) is 61.6 cm³/mol.